The van der Waals surface area contributed by atoms with E-state index in [1.54, 1.807) is 31.2 Å². The summed E-state index contributed by atoms with van der Waals surface area (Å²) >= 11 is 0. The van der Waals surface area contributed by atoms with Gasteiger partial charge in [0.25, 0.3) is 0 Å². The second kappa shape index (κ2) is 8.10. The molecule has 0 saturated carbocycles. The SMILES string of the molecule is C[C@H](NC(=O)C(=O)NC[C@@H](O)c1ccccc1)c1ccccc1. The van der Waals surface area contributed by atoms with Crippen molar-refractivity contribution in [2.45, 2.75) is 19.1 Å². The average Bonchev–Trinajstić information content (AvgIpc) is 2.60. The lowest BCUT2D eigenvalue weighted by atomic mass is 10.1. The molecule has 0 aliphatic carbocycles. The molecule has 0 saturated heterocycles. The van der Waals surface area contributed by atoms with Gasteiger partial charge in [0.1, 0.15) is 0 Å². The highest BCUT2D eigenvalue weighted by Crippen LogP contribution is 2.11. The van der Waals surface area contributed by atoms with E-state index in [0.717, 1.165) is 5.56 Å². The number of aliphatic hydroxyl groups excluding tert-OH is 1. The molecule has 2 aromatic rings. The molecular formula is C18H20N2O3. The van der Waals surface area contributed by atoms with Crippen molar-refractivity contribution in [3.05, 3.63) is 71.8 Å². The van der Waals surface area contributed by atoms with E-state index in [9.17, 15) is 14.7 Å². The van der Waals surface area contributed by atoms with E-state index in [4.69, 9.17) is 0 Å². The monoisotopic (exact) mass is 312 g/mol. The van der Waals surface area contributed by atoms with Crippen LogP contribution < -0.4 is 10.6 Å². The van der Waals surface area contributed by atoms with Crippen molar-refractivity contribution < 1.29 is 14.7 Å². The summed E-state index contributed by atoms with van der Waals surface area (Å²) in [5.41, 5.74) is 1.60. The largest absolute Gasteiger partial charge is 0.387 e. The van der Waals surface area contributed by atoms with Gasteiger partial charge in [-0.3, -0.25) is 9.59 Å². The van der Waals surface area contributed by atoms with Crippen LogP contribution in [-0.2, 0) is 9.59 Å². The fraction of sp³-hybridized carbons (Fsp3) is 0.222. The molecule has 0 heterocycles. The molecule has 5 nitrogen and oxygen atoms in total. The van der Waals surface area contributed by atoms with E-state index < -0.39 is 17.9 Å². The number of nitrogens with one attached hydrogen (secondary N) is 2. The van der Waals surface area contributed by atoms with Crippen molar-refractivity contribution in [1.29, 1.82) is 0 Å². The number of hydrogen-bond donors (Lipinski definition) is 3. The first-order valence-corrected chi connectivity index (χ1v) is 7.44. The number of aliphatic hydroxyl groups is 1. The van der Waals surface area contributed by atoms with Gasteiger partial charge in [0.2, 0.25) is 0 Å². The zero-order valence-electron chi connectivity index (χ0n) is 12.9. The van der Waals surface area contributed by atoms with Crippen LogP contribution in [0.5, 0.6) is 0 Å². The van der Waals surface area contributed by atoms with Crippen molar-refractivity contribution >= 4 is 11.8 Å². The van der Waals surface area contributed by atoms with Crippen LogP contribution in [0.1, 0.15) is 30.2 Å². The Morgan fingerprint density at radius 2 is 1.43 bits per heavy atom. The van der Waals surface area contributed by atoms with Crippen LogP contribution >= 0.6 is 0 Å². The van der Waals surface area contributed by atoms with Crippen LogP contribution in [0.15, 0.2) is 60.7 Å². The summed E-state index contributed by atoms with van der Waals surface area (Å²) in [5, 5.41) is 15.0. The molecule has 2 amide bonds. The predicted molar refractivity (Wildman–Crippen MR) is 87.4 cm³/mol. The summed E-state index contributed by atoms with van der Waals surface area (Å²) in [6.07, 6.45) is -0.848. The summed E-state index contributed by atoms with van der Waals surface area (Å²) in [6.45, 7) is 1.79. The van der Waals surface area contributed by atoms with E-state index in [2.05, 4.69) is 10.6 Å². The standard InChI is InChI=1S/C18H20N2O3/c1-13(14-8-4-2-5-9-14)20-18(23)17(22)19-12-16(21)15-10-6-3-7-11-15/h2-11,13,16,21H,12H2,1H3,(H,19,22)(H,20,23)/t13-,16+/m0/s1. The predicted octanol–water partition coefficient (Wildman–Crippen LogP) is 1.71. The van der Waals surface area contributed by atoms with Crippen molar-refractivity contribution in [1.82, 2.24) is 10.6 Å². The number of carbonyl (C=O) groups excluding carboxylic acids is 2. The van der Waals surface area contributed by atoms with Crippen LogP contribution in [0, 0.1) is 0 Å². The second-order valence-corrected chi connectivity index (χ2v) is 5.24. The Balaban J connectivity index is 1.82. The Hall–Kier alpha value is -2.66. The van der Waals surface area contributed by atoms with Gasteiger partial charge >= 0.3 is 11.8 Å². The van der Waals surface area contributed by atoms with Gasteiger partial charge in [-0.25, -0.2) is 0 Å². The van der Waals surface area contributed by atoms with E-state index >= 15 is 0 Å². The Kier molecular flexibility index (Phi) is 5.88. The molecule has 0 aromatic heterocycles. The third kappa shape index (κ3) is 4.93. The van der Waals surface area contributed by atoms with Gasteiger partial charge in [-0.1, -0.05) is 60.7 Å². The van der Waals surface area contributed by atoms with Gasteiger partial charge in [-0.2, -0.15) is 0 Å². The van der Waals surface area contributed by atoms with Crippen LogP contribution in [0.2, 0.25) is 0 Å². The molecule has 0 aliphatic heterocycles. The molecule has 2 aromatic carbocycles. The summed E-state index contributed by atoms with van der Waals surface area (Å²) in [4.78, 5) is 23.7. The highest BCUT2D eigenvalue weighted by molar-refractivity contribution is 6.35. The van der Waals surface area contributed by atoms with Crippen molar-refractivity contribution in [3.63, 3.8) is 0 Å². The molecule has 120 valence electrons. The summed E-state index contributed by atoms with van der Waals surface area (Å²) in [5.74, 6) is -1.48. The average molecular weight is 312 g/mol. The van der Waals surface area contributed by atoms with Crippen molar-refractivity contribution in [2.75, 3.05) is 6.54 Å². The van der Waals surface area contributed by atoms with E-state index in [1.165, 1.54) is 0 Å². The summed E-state index contributed by atoms with van der Waals surface area (Å²) < 4.78 is 0. The lowest BCUT2D eigenvalue weighted by Gasteiger charge is -2.15. The molecule has 2 atom stereocenters. The minimum absolute atomic E-state index is 0.0179. The maximum Gasteiger partial charge on any atom is 0.309 e. The molecule has 23 heavy (non-hydrogen) atoms. The van der Waals surface area contributed by atoms with Gasteiger partial charge in [0.15, 0.2) is 0 Å². The Labute approximate surface area is 135 Å². The molecule has 0 aliphatic rings. The van der Waals surface area contributed by atoms with Crippen LogP contribution in [0.3, 0.4) is 0 Å². The fourth-order valence-electron chi connectivity index (χ4n) is 2.15. The van der Waals surface area contributed by atoms with Gasteiger partial charge in [0, 0.05) is 6.54 Å². The maximum absolute atomic E-state index is 11.9. The molecule has 0 bridgehead atoms. The Morgan fingerprint density at radius 3 is 2.00 bits per heavy atom. The lowest BCUT2D eigenvalue weighted by molar-refractivity contribution is -0.139. The van der Waals surface area contributed by atoms with Crippen molar-refractivity contribution in [2.24, 2.45) is 0 Å². The minimum Gasteiger partial charge on any atom is -0.387 e. The molecule has 2 rings (SSSR count). The van der Waals surface area contributed by atoms with Gasteiger partial charge in [-0.15, -0.1) is 0 Å². The number of benzene rings is 2. The topological polar surface area (TPSA) is 78.4 Å². The zero-order chi connectivity index (χ0) is 16.7. The van der Waals surface area contributed by atoms with Gasteiger partial charge in [0.05, 0.1) is 12.1 Å². The zero-order valence-corrected chi connectivity index (χ0v) is 12.9. The molecule has 5 heteroatoms. The number of rotatable bonds is 5. The van der Waals surface area contributed by atoms with Gasteiger partial charge < -0.3 is 15.7 Å². The molecule has 0 radical (unpaired) electrons. The fourth-order valence-corrected chi connectivity index (χ4v) is 2.15. The summed E-state index contributed by atoms with van der Waals surface area (Å²) in [7, 11) is 0. The normalized spacial score (nSPS) is 13.0. The molecule has 3 N–H and O–H groups in total. The number of carbonyl (C=O) groups is 2. The van der Waals surface area contributed by atoms with E-state index in [1.807, 2.05) is 36.4 Å². The molecule has 0 fully saturated rings. The minimum atomic E-state index is -0.848. The second-order valence-electron chi connectivity index (χ2n) is 5.24. The summed E-state index contributed by atoms with van der Waals surface area (Å²) in [6, 6.07) is 18.1. The molecule has 0 unspecified atom stereocenters. The third-order valence-electron chi connectivity index (χ3n) is 3.49. The highest BCUT2D eigenvalue weighted by atomic mass is 16.3. The van der Waals surface area contributed by atoms with E-state index in [0.29, 0.717) is 5.56 Å². The van der Waals surface area contributed by atoms with Crippen molar-refractivity contribution in [3.8, 4) is 0 Å². The van der Waals surface area contributed by atoms with E-state index in [-0.39, 0.29) is 12.6 Å². The van der Waals surface area contributed by atoms with Gasteiger partial charge in [-0.05, 0) is 18.1 Å². The van der Waals surface area contributed by atoms with Crippen LogP contribution in [-0.4, -0.2) is 23.5 Å². The first kappa shape index (κ1) is 16.7. The first-order chi connectivity index (χ1) is 11.1. The molecule has 0 spiro atoms. The smallest absolute Gasteiger partial charge is 0.309 e. The first-order valence-electron chi connectivity index (χ1n) is 7.44. The van der Waals surface area contributed by atoms with Crippen LogP contribution in [0.25, 0.3) is 0 Å². The molecular weight excluding hydrogens is 292 g/mol. The Bertz CT molecular complexity index is 644. The Morgan fingerprint density at radius 1 is 0.913 bits per heavy atom. The third-order valence-corrected chi connectivity index (χ3v) is 3.49. The quantitative estimate of drug-likeness (QED) is 0.736. The maximum atomic E-state index is 11.9. The highest BCUT2D eigenvalue weighted by Gasteiger charge is 2.18. The lowest BCUT2D eigenvalue weighted by Crippen LogP contribution is -2.42. The number of hydrogen-bond acceptors (Lipinski definition) is 3. The number of amides is 2. The van der Waals surface area contributed by atoms with Crippen LogP contribution in [0.4, 0.5) is 0 Å².